The van der Waals surface area contributed by atoms with Gasteiger partial charge < -0.3 is 9.47 Å². The van der Waals surface area contributed by atoms with E-state index in [-0.39, 0.29) is 5.92 Å². The highest BCUT2D eigenvalue weighted by molar-refractivity contribution is 6.03. The van der Waals surface area contributed by atoms with Crippen LogP contribution in [0.25, 0.3) is 21.9 Å². The number of imidazole rings is 1. The zero-order chi connectivity index (χ0) is 17.8. The van der Waals surface area contributed by atoms with Gasteiger partial charge in [0.05, 0.1) is 28.9 Å². The highest BCUT2D eigenvalue weighted by Crippen LogP contribution is 2.42. The Hall–Kier alpha value is -2.52. The van der Waals surface area contributed by atoms with Crippen molar-refractivity contribution in [3.8, 4) is 6.07 Å². The number of aromatic nitrogens is 3. The summed E-state index contributed by atoms with van der Waals surface area (Å²) in [5, 5.41) is 10.3. The van der Waals surface area contributed by atoms with Crippen LogP contribution >= 0.6 is 0 Å². The van der Waals surface area contributed by atoms with Gasteiger partial charge in [0, 0.05) is 23.9 Å². The number of benzene rings is 1. The predicted octanol–water partition coefficient (Wildman–Crippen LogP) is 3.55. The SMILES string of the molecule is CN1CC[C@@H](n2c(C3CC(F)C3)nc3cnc4ccc(C#N)cc4c32)C1. The normalized spacial score (nSPS) is 26.3. The number of pyridine rings is 1. The lowest BCUT2D eigenvalue weighted by Crippen LogP contribution is -2.27. The third-order valence-electron chi connectivity index (χ3n) is 5.85. The first-order chi connectivity index (χ1) is 12.6. The molecule has 5 nitrogen and oxygen atoms in total. The quantitative estimate of drug-likeness (QED) is 0.710. The van der Waals surface area contributed by atoms with E-state index in [4.69, 9.17) is 4.98 Å². The summed E-state index contributed by atoms with van der Waals surface area (Å²) >= 11 is 0. The number of likely N-dealkylation sites (tertiary alicyclic amines) is 1. The fraction of sp³-hybridized carbons (Fsp3) is 0.450. The van der Waals surface area contributed by atoms with E-state index in [9.17, 15) is 9.65 Å². The summed E-state index contributed by atoms with van der Waals surface area (Å²) in [6, 6.07) is 8.15. The molecule has 132 valence electrons. The zero-order valence-electron chi connectivity index (χ0n) is 14.7. The molecule has 1 aliphatic heterocycles. The highest BCUT2D eigenvalue weighted by atomic mass is 19.1. The minimum absolute atomic E-state index is 0.178. The topological polar surface area (TPSA) is 57.7 Å². The number of nitrogens with zero attached hydrogens (tertiary/aromatic N) is 5. The van der Waals surface area contributed by atoms with Crippen LogP contribution in [0.1, 0.15) is 42.6 Å². The Bertz CT molecular complexity index is 1040. The summed E-state index contributed by atoms with van der Waals surface area (Å²) in [6.07, 6.45) is 3.28. The lowest BCUT2D eigenvalue weighted by atomic mass is 9.82. The Kier molecular flexibility index (Phi) is 3.47. The van der Waals surface area contributed by atoms with Crippen LogP contribution in [0.15, 0.2) is 24.4 Å². The predicted molar refractivity (Wildman–Crippen MR) is 97.8 cm³/mol. The van der Waals surface area contributed by atoms with Gasteiger partial charge in [-0.15, -0.1) is 0 Å². The molecule has 1 aromatic carbocycles. The Labute approximate surface area is 151 Å². The van der Waals surface area contributed by atoms with Gasteiger partial charge in [-0.2, -0.15) is 5.26 Å². The Morgan fingerprint density at radius 3 is 2.81 bits per heavy atom. The average Bonchev–Trinajstić information content (AvgIpc) is 3.21. The van der Waals surface area contributed by atoms with Crippen molar-refractivity contribution in [2.75, 3.05) is 20.1 Å². The fourth-order valence-corrected chi connectivity index (χ4v) is 4.40. The Morgan fingerprint density at radius 1 is 1.27 bits per heavy atom. The summed E-state index contributed by atoms with van der Waals surface area (Å²) in [6.45, 7) is 2.01. The second-order valence-electron chi connectivity index (χ2n) is 7.65. The number of nitriles is 1. The number of rotatable bonds is 2. The van der Waals surface area contributed by atoms with Crippen LogP contribution in [0.4, 0.5) is 4.39 Å². The summed E-state index contributed by atoms with van der Waals surface area (Å²) in [7, 11) is 2.13. The molecule has 5 rings (SSSR count). The molecule has 3 aromatic rings. The van der Waals surface area contributed by atoms with E-state index in [2.05, 4.69) is 27.6 Å². The van der Waals surface area contributed by atoms with Crippen molar-refractivity contribution < 1.29 is 4.39 Å². The van der Waals surface area contributed by atoms with Crippen LogP contribution in [0, 0.1) is 11.3 Å². The molecule has 0 amide bonds. The number of halogens is 1. The van der Waals surface area contributed by atoms with Crippen LogP contribution in [0.2, 0.25) is 0 Å². The number of hydrogen-bond acceptors (Lipinski definition) is 4. The molecule has 0 N–H and O–H groups in total. The first-order valence-electron chi connectivity index (χ1n) is 9.17. The molecule has 0 radical (unpaired) electrons. The molecule has 2 fully saturated rings. The minimum atomic E-state index is -0.709. The molecular weight excluding hydrogens is 329 g/mol. The van der Waals surface area contributed by atoms with Crippen molar-refractivity contribution in [3.63, 3.8) is 0 Å². The molecule has 6 heteroatoms. The largest absolute Gasteiger partial charge is 0.323 e. The third-order valence-corrected chi connectivity index (χ3v) is 5.85. The summed E-state index contributed by atoms with van der Waals surface area (Å²) in [5.74, 6) is 1.17. The molecule has 3 heterocycles. The van der Waals surface area contributed by atoms with Gasteiger partial charge in [0.25, 0.3) is 0 Å². The minimum Gasteiger partial charge on any atom is -0.323 e. The fourth-order valence-electron chi connectivity index (χ4n) is 4.40. The number of likely N-dealkylation sites (N-methyl/N-ethyl adjacent to an activating group) is 1. The van der Waals surface area contributed by atoms with Crippen LogP contribution in [-0.2, 0) is 0 Å². The van der Waals surface area contributed by atoms with Gasteiger partial charge in [-0.1, -0.05) is 0 Å². The van der Waals surface area contributed by atoms with E-state index in [1.165, 1.54) is 0 Å². The van der Waals surface area contributed by atoms with Crippen molar-refractivity contribution in [2.45, 2.75) is 37.4 Å². The average molecular weight is 349 g/mol. The van der Waals surface area contributed by atoms with Crippen molar-refractivity contribution in [3.05, 3.63) is 35.8 Å². The lowest BCUT2D eigenvalue weighted by molar-refractivity contribution is 0.170. The Balaban J connectivity index is 1.79. The van der Waals surface area contributed by atoms with Gasteiger partial charge in [-0.3, -0.25) is 4.98 Å². The molecule has 0 bridgehead atoms. The van der Waals surface area contributed by atoms with Gasteiger partial charge in [0.15, 0.2) is 0 Å². The standard InChI is InChI=1S/C20H20FN5/c1-25-5-4-15(11-25)26-19-16-6-12(9-22)2-3-17(16)23-10-18(19)24-20(26)13-7-14(21)8-13/h2-3,6,10,13-15H,4-5,7-8,11H2,1H3/t13?,14?,15-/m1/s1. The molecule has 26 heavy (non-hydrogen) atoms. The van der Waals surface area contributed by atoms with E-state index < -0.39 is 6.17 Å². The third kappa shape index (κ3) is 2.31. The molecule has 1 atom stereocenters. The summed E-state index contributed by atoms with van der Waals surface area (Å²) < 4.78 is 15.9. The molecule has 1 aliphatic carbocycles. The monoisotopic (exact) mass is 349 g/mol. The van der Waals surface area contributed by atoms with Crippen molar-refractivity contribution in [2.24, 2.45) is 0 Å². The van der Waals surface area contributed by atoms with Gasteiger partial charge in [-0.25, -0.2) is 9.37 Å². The summed E-state index contributed by atoms with van der Waals surface area (Å²) in [4.78, 5) is 11.7. The molecule has 0 spiro atoms. The zero-order valence-corrected chi connectivity index (χ0v) is 14.7. The van der Waals surface area contributed by atoms with Gasteiger partial charge >= 0.3 is 0 Å². The first kappa shape index (κ1) is 15.7. The second-order valence-corrected chi connectivity index (χ2v) is 7.65. The van der Waals surface area contributed by atoms with Gasteiger partial charge in [0.1, 0.15) is 17.5 Å². The number of fused-ring (bicyclic) bond motifs is 3. The van der Waals surface area contributed by atoms with Crippen LogP contribution in [0.5, 0.6) is 0 Å². The van der Waals surface area contributed by atoms with Crippen LogP contribution in [-0.4, -0.2) is 45.7 Å². The van der Waals surface area contributed by atoms with E-state index >= 15 is 0 Å². The molecule has 0 unspecified atom stereocenters. The number of hydrogen-bond donors (Lipinski definition) is 0. The van der Waals surface area contributed by atoms with E-state index in [1.54, 1.807) is 6.07 Å². The molecule has 2 aromatic heterocycles. The maximum Gasteiger partial charge on any atom is 0.113 e. The Morgan fingerprint density at radius 2 is 2.12 bits per heavy atom. The molecule has 1 saturated carbocycles. The van der Waals surface area contributed by atoms with E-state index in [0.29, 0.717) is 24.4 Å². The van der Waals surface area contributed by atoms with Gasteiger partial charge in [-0.05, 0) is 51.1 Å². The van der Waals surface area contributed by atoms with E-state index in [1.807, 2.05) is 18.3 Å². The van der Waals surface area contributed by atoms with Crippen LogP contribution < -0.4 is 0 Å². The van der Waals surface area contributed by atoms with Crippen LogP contribution in [0.3, 0.4) is 0 Å². The molecule has 2 aliphatic rings. The molecular formula is C20H20FN5. The molecule has 1 saturated heterocycles. The van der Waals surface area contributed by atoms with Crippen molar-refractivity contribution in [1.82, 2.24) is 19.4 Å². The lowest BCUT2D eigenvalue weighted by Gasteiger charge is -2.31. The summed E-state index contributed by atoms with van der Waals surface area (Å²) in [5.41, 5.74) is 3.38. The second kappa shape index (κ2) is 5.75. The maximum atomic E-state index is 13.5. The number of alkyl halides is 1. The van der Waals surface area contributed by atoms with Gasteiger partial charge in [0.2, 0.25) is 0 Å². The highest BCUT2D eigenvalue weighted by Gasteiger charge is 2.36. The van der Waals surface area contributed by atoms with Crippen molar-refractivity contribution in [1.29, 1.82) is 5.26 Å². The smallest absolute Gasteiger partial charge is 0.113 e. The van der Waals surface area contributed by atoms with E-state index in [0.717, 1.165) is 47.3 Å². The maximum absolute atomic E-state index is 13.5. The van der Waals surface area contributed by atoms with Crippen molar-refractivity contribution >= 4 is 21.9 Å². The first-order valence-corrected chi connectivity index (χ1v) is 9.17.